The summed E-state index contributed by atoms with van der Waals surface area (Å²) in [6.45, 7) is 2.15. The van der Waals surface area contributed by atoms with Gasteiger partial charge in [-0.15, -0.1) is 0 Å². The highest BCUT2D eigenvalue weighted by Crippen LogP contribution is 2.22. The molecule has 0 saturated carbocycles. The van der Waals surface area contributed by atoms with Gasteiger partial charge < -0.3 is 10.1 Å². The van der Waals surface area contributed by atoms with Crippen LogP contribution in [-0.2, 0) is 6.61 Å². The van der Waals surface area contributed by atoms with Gasteiger partial charge in [-0.3, -0.25) is 9.78 Å². The molecule has 0 fully saturated rings. The summed E-state index contributed by atoms with van der Waals surface area (Å²) < 4.78 is 19.6. The van der Waals surface area contributed by atoms with Crippen LogP contribution >= 0.6 is 0 Å². The first-order valence-corrected chi connectivity index (χ1v) is 7.82. The van der Waals surface area contributed by atoms with Gasteiger partial charge in [-0.25, -0.2) is 4.39 Å². The monoisotopic (exact) mass is 336 g/mol. The highest BCUT2D eigenvalue weighted by atomic mass is 19.1. The number of nitrogens with one attached hydrogen (secondary N) is 1. The van der Waals surface area contributed by atoms with Gasteiger partial charge in [0.15, 0.2) is 0 Å². The van der Waals surface area contributed by atoms with E-state index >= 15 is 0 Å². The first kappa shape index (κ1) is 16.6. The number of halogens is 1. The molecule has 0 aliphatic heterocycles. The van der Waals surface area contributed by atoms with Gasteiger partial charge in [0.05, 0.1) is 11.3 Å². The van der Waals surface area contributed by atoms with Crippen LogP contribution in [-0.4, -0.2) is 10.9 Å². The number of rotatable bonds is 5. The fourth-order valence-corrected chi connectivity index (χ4v) is 2.34. The quantitative estimate of drug-likeness (QED) is 0.753. The average molecular weight is 336 g/mol. The number of ether oxygens (including phenoxy) is 1. The average Bonchev–Trinajstić information content (AvgIpc) is 2.64. The Bertz CT molecular complexity index is 882. The van der Waals surface area contributed by atoms with Gasteiger partial charge in [-0.05, 0) is 54.4 Å². The Morgan fingerprint density at radius 2 is 1.88 bits per heavy atom. The van der Waals surface area contributed by atoms with Crippen LogP contribution in [0.1, 0.15) is 21.5 Å². The van der Waals surface area contributed by atoms with Crippen LogP contribution in [0.3, 0.4) is 0 Å². The summed E-state index contributed by atoms with van der Waals surface area (Å²) in [5.41, 5.74) is 2.29. The van der Waals surface area contributed by atoms with E-state index in [4.69, 9.17) is 4.74 Å². The van der Waals surface area contributed by atoms with Crippen LogP contribution in [0.5, 0.6) is 5.75 Å². The Morgan fingerprint density at radius 1 is 1.12 bits per heavy atom. The first-order chi connectivity index (χ1) is 12.1. The van der Waals surface area contributed by atoms with Gasteiger partial charge in [0.25, 0.3) is 5.91 Å². The maximum atomic E-state index is 13.9. The summed E-state index contributed by atoms with van der Waals surface area (Å²) in [6.07, 6.45) is 3.36. The van der Waals surface area contributed by atoms with Crippen molar-refractivity contribution in [3.05, 3.63) is 89.5 Å². The van der Waals surface area contributed by atoms with Gasteiger partial charge in [-0.2, -0.15) is 0 Å². The van der Waals surface area contributed by atoms with Crippen molar-refractivity contribution in [2.24, 2.45) is 0 Å². The Kier molecular flexibility index (Phi) is 5.04. The molecule has 1 N–H and O–H groups in total. The summed E-state index contributed by atoms with van der Waals surface area (Å²) >= 11 is 0. The lowest BCUT2D eigenvalue weighted by Crippen LogP contribution is -2.14. The molecule has 0 aliphatic carbocycles. The minimum Gasteiger partial charge on any atom is -0.488 e. The van der Waals surface area contributed by atoms with E-state index in [-0.39, 0.29) is 5.69 Å². The molecule has 0 saturated heterocycles. The second-order valence-electron chi connectivity index (χ2n) is 5.58. The number of benzene rings is 2. The molecule has 0 unspecified atom stereocenters. The van der Waals surface area contributed by atoms with Crippen LogP contribution in [0.15, 0.2) is 67.0 Å². The number of aryl methyl sites for hydroxylation is 1. The minimum absolute atomic E-state index is 0.147. The summed E-state index contributed by atoms with van der Waals surface area (Å²) in [7, 11) is 0. The first-order valence-electron chi connectivity index (χ1n) is 7.82. The van der Waals surface area contributed by atoms with Crippen molar-refractivity contribution in [2.45, 2.75) is 13.5 Å². The van der Waals surface area contributed by atoms with Crippen LogP contribution < -0.4 is 10.1 Å². The molecule has 0 bridgehead atoms. The van der Waals surface area contributed by atoms with Crippen molar-refractivity contribution in [1.29, 1.82) is 0 Å². The fourth-order valence-electron chi connectivity index (χ4n) is 2.34. The molecule has 5 heteroatoms. The Balaban J connectivity index is 1.77. The number of hydrogen-bond donors (Lipinski definition) is 1. The molecular formula is C20H17FN2O2. The molecule has 0 radical (unpaired) electrons. The Morgan fingerprint density at radius 3 is 2.68 bits per heavy atom. The topological polar surface area (TPSA) is 51.2 Å². The summed E-state index contributed by atoms with van der Waals surface area (Å²) in [6, 6.07) is 15.1. The van der Waals surface area contributed by atoms with Gasteiger partial charge in [0.2, 0.25) is 0 Å². The van der Waals surface area contributed by atoms with E-state index < -0.39 is 11.7 Å². The van der Waals surface area contributed by atoms with E-state index in [1.807, 2.05) is 19.1 Å². The zero-order chi connectivity index (χ0) is 17.6. The lowest BCUT2D eigenvalue weighted by molar-refractivity contribution is 0.102. The van der Waals surface area contributed by atoms with E-state index in [9.17, 15) is 9.18 Å². The van der Waals surface area contributed by atoms with Crippen LogP contribution in [0.4, 0.5) is 10.1 Å². The largest absolute Gasteiger partial charge is 0.488 e. The van der Waals surface area contributed by atoms with Crippen molar-refractivity contribution in [2.75, 3.05) is 5.32 Å². The van der Waals surface area contributed by atoms with Gasteiger partial charge >= 0.3 is 0 Å². The molecule has 4 nitrogen and oxygen atoms in total. The third kappa shape index (κ3) is 4.20. The number of pyridine rings is 1. The Labute approximate surface area is 145 Å². The number of para-hydroxylation sites is 1. The molecule has 126 valence electrons. The highest BCUT2D eigenvalue weighted by Gasteiger charge is 2.14. The van der Waals surface area contributed by atoms with Gasteiger partial charge in [-0.1, -0.05) is 18.2 Å². The number of carbonyl (C=O) groups is 1. The number of aromatic nitrogens is 1. The summed E-state index contributed by atoms with van der Waals surface area (Å²) in [5.74, 6) is -0.464. The normalized spacial score (nSPS) is 10.3. The molecular weight excluding hydrogens is 319 g/mol. The van der Waals surface area contributed by atoms with E-state index in [1.54, 1.807) is 48.8 Å². The second kappa shape index (κ2) is 7.57. The van der Waals surface area contributed by atoms with Crippen molar-refractivity contribution in [1.82, 2.24) is 4.98 Å². The van der Waals surface area contributed by atoms with Crippen LogP contribution in [0, 0.1) is 12.7 Å². The number of carbonyl (C=O) groups excluding carboxylic acids is 1. The standard InChI is InChI=1S/C20H17FN2O2/c1-14-6-7-17(21)18(12-14)23-20(24)16-4-2-3-5-19(16)25-13-15-8-10-22-11-9-15/h2-12H,13H2,1H3,(H,23,24). The third-order valence-electron chi connectivity index (χ3n) is 3.65. The van der Waals surface area contributed by atoms with Gasteiger partial charge in [0, 0.05) is 12.4 Å². The predicted molar refractivity (Wildman–Crippen MR) is 94.1 cm³/mol. The molecule has 2 aromatic carbocycles. The molecule has 1 heterocycles. The second-order valence-corrected chi connectivity index (χ2v) is 5.58. The van der Waals surface area contributed by atoms with Crippen molar-refractivity contribution in [3.63, 3.8) is 0 Å². The number of nitrogens with zero attached hydrogens (tertiary/aromatic N) is 1. The lowest BCUT2D eigenvalue weighted by Gasteiger charge is -2.12. The minimum atomic E-state index is -0.478. The van der Waals surface area contributed by atoms with E-state index in [0.717, 1.165) is 11.1 Å². The third-order valence-corrected chi connectivity index (χ3v) is 3.65. The Hall–Kier alpha value is -3.21. The maximum absolute atomic E-state index is 13.9. The van der Waals surface area contributed by atoms with E-state index in [1.165, 1.54) is 6.07 Å². The molecule has 25 heavy (non-hydrogen) atoms. The molecule has 1 amide bonds. The van der Waals surface area contributed by atoms with Gasteiger partial charge in [0.1, 0.15) is 18.2 Å². The molecule has 0 atom stereocenters. The fraction of sp³-hybridized carbons (Fsp3) is 0.100. The number of hydrogen-bond acceptors (Lipinski definition) is 3. The zero-order valence-electron chi connectivity index (χ0n) is 13.7. The number of anilines is 1. The van der Waals surface area contributed by atoms with E-state index in [0.29, 0.717) is 17.9 Å². The highest BCUT2D eigenvalue weighted by molar-refractivity contribution is 6.06. The SMILES string of the molecule is Cc1ccc(F)c(NC(=O)c2ccccc2OCc2ccncc2)c1. The van der Waals surface area contributed by atoms with Crippen molar-refractivity contribution in [3.8, 4) is 5.75 Å². The maximum Gasteiger partial charge on any atom is 0.259 e. The molecule has 0 aliphatic rings. The molecule has 3 aromatic rings. The number of amides is 1. The van der Waals surface area contributed by atoms with Crippen LogP contribution in [0.2, 0.25) is 0 Å². The summed E-state index contributed by atoms with van der Waals surface area (Å²) in [5, 5.41) is 2.60. The molecule has 0 spiro atoms. The smallest absolute Gasteiger partial charge is 0.259 e. The van der Waals surface area contributed by atoms with Crippen molar-refractivity contribution >= 4 is 11.6 Å². The summed E-state index contributed by atoms with van der Waals surface area (Å²) in [4.78, 5) is 16.5. The van der Waals surface area contributed by atoms with Crippen molar-refractivity contribution < 1.29 is 13.9 Å². The zero-order valence-corrected chi connectivity index (χ0v) is 13.7. The molecule has 1 aromatic heterocycles. The van der Waals surface area contributed by atoms with E-state index in [2.05, 4.69) is 10.3 Å². The van der Waals surface area contributed by atoms with Crippen LogP contribution in [0.25, 0.3) is 0 Å². The predicted octanol–water partition coefficient (Wildman–Crippen LogP) is 4.36. The molecule has 3 rings (SSSR count). The lowest BCUT2D eigenvalue weighted by atomic mass is 10.1.